The Hall–Kier alpha value is -2.72. The number of carbonyl (C=O) groups excluding carboxylic acids is 1. The van der Waals surface area contributed by atoms with Crippen LogP contribution in [0.3, 0.4) is 0 Å². The predicted octanol–water partition coefficient (Wildman–Crippen LogP) is 4.21. The number of hydrogen-bond donors (Lipinski definition) is 1. The van der Waals surface area contributed by atoms with Crippen molar-refractivity contribution < 1.29 is 4.79 Å². The number of carbonyl (C=O) groups is 1. The van der Waals surface area contributed by atoms with Crippen molar-refractivity contribution in [3.63, 3.8) is 0 Å². The average Bonchev–Trinajstić information content (AvgIpc) is 3.66. The van der Waals surface area contributed by atoms with Crippen molar-refractivity contribution >= 4 is 5.78 Å². The van der Waals surface area contributed by atoms with Crippen LogP contribution in [0.15, 0.2) is 67.3 Å². The minimum absolute atomic E-state index is 0.167. The minimum atomic E-state index is 0.167. The Kier molecular flexibility index (Phi) is 5.03. The molecule has 1 N–H and O–H groups in total. The van der Waals surface area contributed by atoms with E-state index in [1.54, 1.807) is 12.5 Å². The van der Waals surface area contributed by atoms with Crippen LogP contribution >= 0.6 is 0 Å². The zero-order chi connectivity index (χ0) is 19.6. The molecule has 2 saturated carbocycles. The van der Waals surface area contributed by atoms with Gasteiger partial charge in [-0.25, -0.2) is 4.98 Å². The first kappa shape index (κ1) is 18.3. The summed E-state index contributed by atoms with van der Waals surface area (Å²) in [5.41, 5.74) is 4.37. The number of rotatable bonds is 9. The zero-order valence-electron chi connectivity index (χ0n) is 16.6. The number of aromatic nitrogens is 2. The van der Waals surface area contributed by atoms with Crippen LogP contribution in [0.25, 0.3) is 0 Å². The van der Waals surface area contributed by atoms with Gasteiger partial charge in [0.1, 0.15) is 0 Å². The Balaban J connectivity index is 1.17. The number of benzene rings is 2. The molecule has 2 aliphatic rings. The number of nitrogens with one attached hydrogen (secondary N) is 1. The second-order valence-corrected chi connectivity index (χ2v) is 8.58. The molecular formula is C25H27N3O. The summed E-state index contributed by atoms with van der Waals surface area (Å²) in [5.74, 6) is 1.75. The lowest BCUT2D eigenvalue weighted by molar-refractivity contribution is 0.0993. The number of ketones is 1. The smallest absolute Gasteiger partial charge is 0.167 e. The lowest BCUT2D eigenvalue weighted by atomic mass is 9.99. The van der Waals surface area contributed by atoms with Crippen LogP contribution in [0.4, 0.5) is 0 Å². The van der Waals surface area contributed by atoms with E-state index in [1.165, 1.54) is 31.4 Å². The van der Waals surface area contributed by atoms with Crippen molar-refractivity contribution in [2.24, 2.45) is 5.92 Å². The van der Waals surface area contributed by atoms with Gasteiger partial charge in [-0.15, -0.1) is 0 Å². The molecule has 0 aliphatic heterocycles. The molecule has 1 aromatic heterocycles. The maximum absolute atomic E-state index is 12.8. The first-order valence-corrected chi connectivity index (χ1v) is 10.6. The van der Waals surface area contributed by atoms with Gasteiger partial charge in [0.15, 0.2) is 5.78 Å². The Morgan fingerprint density at radius 2 is 1.97 bits per heavy atom. The van der Waals surface area contributed by atoms with E-state index in [0.717, 1.165) is 29.2 Å². The lowest BCUT2D eigenvalue weighted by Gasteiger charge is -2.07. The molecule has 5 rings (SSSR count). The summed E-state index contributed by atoms with van der Waals surface area (Å²) in [6.45, 7) is 1.92. The van der Waals surface area contributed by atoms with Crippen LogP contribution in [-0.4, -0.2) is 27.9 Å². The maximum atomic E-state index is 12.8. The highest BCUT2D eigenvalue weighted by atomic mass is 16.1. The summed E-state index contributed by atoms with van der Waals surface area (Å²) in [6, 6.07) is 17.2. The highest BCUT2D eigenvalue weighted by Crippen LogP contribution is 2.41. The molecule has 2 unspecified atom stereocenters. The standard InChI is InChI=1S/C25H27N3O/c29-25(22-3-1-2-20(12-22)16-28-11-10-26-17-28)13-18-6-8-21(9-7-18)23-14-24(23)27-15-19-4-5-19/h1-3,6-12,17,19,23-24,27H,4-5,13-16H2. The van der Waals surface area contributed by atoms with Crippen LogP contribution in [0.5, 0.6) is 0 Å². The fourth-order valence-corrected chi connectivity index (χ4v) is 4.03. The van der Waals surface area contributed by atoms with E-state index in [4.69, 9.17) is 0 Å². The van der Waals surface area contributed by atoms with Crippen LogP contribution in [-0.2, 0) is 13.0 Å². The van der Waals surface area contributed by atoms with Gasteiger partial charge in [0.25, 0.3) is 0 Å². The fourth-order valence-electron chi connectivity index (χ4n) is 4.03. The van der Waals surface area contributed by atoms with Gasteiger partial charge < -0.3 is 9.88 Å². The third-order valence-corrected chi connectivity index (χ3v) is 6.10. The molecule has 4 nitrogen and oxygen atoms in total. The van der Waals surface area contributed by atoms with Crippen LogP contribution < -0.4 is 5.32 Å². The van der Waals surface area contributed by atoms with Gasteiger partial charge in [0.2, 0.25) is 0 Å². The number of imidazole rings is 1. The largest absolute Gasteiger partial charge is 0.333 e. The first-order chi connectivity index (χ1) is 14.2. The summed E-state index contributed by atoms with van der Waals surface area (Å²) in [5, 5.41) is 3.70. The van der Waals surface area contributed by atoms with Gasteiger partial charge in [-0.05, 0) is 54.5 Å². The summed E-state index contributed by atoms with van der Waals surface area (Å²) >= 11 is 0. The molecule has 3 aromatic rings. The van der Waals surface area contributed by atoms with E-state index in [2.05, 4.69) is 40.6 Å². The molecule has 0 spiro atoms. The zero-order valence-corrected chi connectivity index (χ0v) is 16.6. The molecule has 0 saturated heterocycles. The molecule has 1 heterocycles. The fraction of sp³-hybridized carbons (Fsp3) is 0.360. The molecule has 0 bridgehead atoms. The van der Waals surface area contributed by atoms with Gasteiger partial charge in [-0.3, -0.25) is 4.79 Å². The van der Waals surface area contributed by atoms with E-state index in [-0.39, 0.29) is 5.78 Å². The number of Topliss-reactive ketones (excluding diaryl/α,β-unsaturated/α-hetero) is 1. The van der Waals surface area contributed by atoms with Crippen molar-refractivity contribution in [3.05, 3.63) is 89.5 Å². The van der Waals surface area contributed by atoms with E-state index in [0.29, 0.717) is 18.4 Å². The van der Waals surface area contributed by atoms with Crippen LogP contribution in [0.1, 0.15) is 52.2 Å². The lowest BCUT2D eigenvalue weighted by Crippen LogP contribution is -2.20. The molecule has 2 aliphatic carbocycles. The molecule has 0 amide bonds. The third kappa shape index (κ3) is 4.65. The third-order valence-electron chi connectivity index (χ3n) is 6.10. The second-order valence-electron chi connectivity index (χ2n) is 8.58. The molecule has 0 radical (unpaired) electrons. The molecule has 29 heavy (non-hydrogen) atoms. The normalized spacial score (nSPS) is 20.6. The second kappa shape index (κ2) is 7.96. The molecular weight excluding hydrogens is 358 g/mol. The number of nitrogens with zero attached hydrogens (tertiary/aromatic N) is 2. The predicted molar refractivity (Wildman–Crippen MR) is 114 cm³/mol. The van der Waals surface area contributed by atoms with E-state index >= 15 is 0 Å². The quantitative estimate of drug-likeness (QED) is 0.561. The summed E-state index contributed by atoms with van der Waals surface area (Å²) in [7, 11) is 0. The topological polar surface area (TPSA) is 46.9 Å². The van der Waals surface area contributed by atoms with Gasteiger partial charge in [-0.2, -0.15) is 0 Å². The summed E-state index contributed by atoms with van der Waals surface area (Å²) < 4.78 is 2.01. The molecule has 2 aromatic carbocycles. The minimum Gasteiger partial charge on any atom is -0.333 e. The molecule has 2 fully saturated rings. The van der Waals surface area contributed by atoms with E-state index < -0.39 is 0 Å². The van der Waals surface area contributed by atoms with Gasteiger partial charge in [0.05, 0.1) is 6.33 Å². The molecule has 4 heteroatoms. The summed E-state index contributed by atoms with van der Waals surface area (Å²) in [6.07, 6.45) is 9.99. The Labute approximate surface area is 172 Å². The maximum Gasteiger partial charge on any atom is 0.167 e. The van der Waals surface area contributed by atoms with E-state index in [9.17, 15) is 4.79 Å². The Morgan fingerprint density at radius 1 is 1.10 bits per heavy atom. The Bertz CT molecular complexity index is 974. The average molecular weight is 386 g/mol. The SMILES string of the molecule is O=C(Cc1ccc(C2CC2NCC2CC2)cc1)c1cccc(Cn2ccnc2)c1. The number of hydrogen-bond acceptors (Lipinski definition) is 3. The molecule has 2 atom stereocenters. The van der Waals surface area contributed by atoms with Crippen molar-refractivity contribution in [2.75, 3.05) is 6.54 Å². The highest BCUT2D eigenvalue weighted by molar-refractivity contribution is 5.97. The van der Waals surface area contributed by atoms with Crippen molar-refractivity contribution in [2.45, 2.75) is 44.2 Å². The van der Waals surface area contributed by atoms with E-state index in [1.807, 2.05) is 29.0 Å². The van der Waals surface area contributed by atoms with Crippen molar-refractivity contribution in [1.29, 1.82) is 0 Å². The molecule has 148 valence electrons. The van der Waals surface area contributed by atoms with Crippen LogP contribution in [0, 0.1) is 5.92 Å². The highest BCUT2D eigenvalue weighted by Gasteiger charge is 2.38. The van der Waals surface area contributed by atoms with Gasteiger partial charge in [0, 0.05) is 42.9 Å². The van der Waals surface area contributed by atoms with Gasteiger partial charge in [-0.1, -0.05) is 42.5 Å². The van der Waals surface area contributed by atoms with Crippen molar-refractivity contribution in [3.8, 4) is 0 Å². The van der Waals surface area contributed by atoms with Crippen molar-refractivity contribution in [1.82, 2.24) is 14.9 Å². The van der Waals surface area contributed by atoms with Gasteiger partial charge >= 0.3 is 0 Å². The first-order valence-electron chi connectivity index (χ1n) is 10.6. The Morgan fingerprint density at radius 3 is 2.72 bits per heavy atom. The monoisotopic (exact) mass is 385 g/mol. The summed E-state index contributed by atoms with van der Waals surface area (Å²) in [4.78, 5) is 16.9. The van der Waals surface area contributed by atoms with Crippen LogP contribution in [0.2, 0.25) is 0 Å².